The van der Waals surface area contributed by atoms with E-state index in [9.17, 15) is 9.59 Å². The topological polar surface area (TPSA) is 66.3 Å². The first kappa shape index (κ1) is 25.7. The second-order valence-electron chi connectivity index (χ2n) is 9.09. The molecule has 9 heteroatoms. The van der Waals surface area contributed by atoms with E-state index in [-0.39, 0.29) is 32.2 Å². The summed E-state index contributed by atoms with van der Waals surface area (Å²) in [5.41, 5.74) is 0.0322. The highest BCUT2D eigenvalue weighted by molar-refractivity contribution is 7.98. The van der Waals surface area contributed by atoms with Gasteiger partial charge in [-0.2, -0.15) is 0 Å². The number of hydrogen-bond acceptors (Lipinski definition) is 5. The third kappa shape index (κ3) is 6.59. The molecule has 1 amide bonds. The Morgan fingerprint density at radius 2 is 1.64 bits per heavy atom. The van der Waals surface area contributed by atoms with Crippen molar-refractivity contribution in [2.75, 3.05) is 19.3 Å². The molecule has 5 nitrogen and oxygen atoms in total. The van der Waals surface area contributed by atoms with Gasteiger partial charge in [-0.15, -0.1) is 0 Å². The van der Waals surface area contributed by atoms with E-state index in [0.717, 1.165) is 12.8 Å². The average Bonchev–Trinajstić information content (AvgIpc) is 2.56. The fourth-order valence-electron chi connectivity index (χ4n) is 2.70. The highest BCUT2D eigenvalue weighted by atomic mass is 35.5. The first-order valence-corrected chi connectivity index (χ1v) is 14.4. The van der Waals surface area contributed by atoms with Gasteiger partial charge in [-0.05, 0) is 49.6 Å². The largest absolute Gasteiger partial charge is 0.432 e. The van der Waals surface area contributed by atoms with Crippen molar-refractivity contribution >= 4 is 49.2 Å². The Morgan fingerprint density at radius 1 is 1.14 bits per heavy atom. The average molecular weight is 467 g/mol. The van der Waals surface area contributed by atoms with Crippen molar-refractivity contribution in [1.29, 1.82) is 0 Å². The number of hydrogen-bond donors (Lipinski definition) is 1. The van der Waals surface area contributed by atoms with Crippen LogP contribution < -0.4 is 0 Å². The van der Waals surface area contributed by atoms with Crippen LogP contribution in [0.15, 0.2) is 5.16 Å². The monoisotopic (exact) mass is 465 g/mol. The summed E-state index contributed by atoms with van der Waals surface area (Å²) in [6, 6.07) is 0. The maximum Gasteiger partial charge on any atom is 0.260 e. The minimum Gasteiger partial charge on any atom is -0.432 e. The van der Waals surface area contributed by atoms with Crippen LogP contribution in [0.2, 0.25) is 28.4 Å². The van der Waals surface area contributed by atoms with Crippen LogP contribution in [-0.4, -0.2) is 53.2 Å². The molecule has 1 aromatic heterocycles. The van der Waals surface area contributed by atoms with Crippen LogP contribution in [0.4, 0.5) is 0 Å². The van der Waals surface area contributed by atoms with Gasteiger partial charge in [0.1, 0.15) is 15.9 Å². The quantitative estimate of drug-likeness (QED) is 0.217. The van der Waals surface area contributed by atoms with Crippen LogP contribution >= 0.6 is 35.0 Å². The SMILES string of the molecule is CCN(CC(C)(C)CCC(C)(C)[Si](C)(C)O)C(=O)c1c(Cl)nc(SC)nc1Cl. The van der Waals surface area contributed by atoms with Crippen LogP contribution in [-0.2, 0) is 0 Å². The third-order valence-corrected chi connectivity index (χ3v) is 10.2. The first-order valence-electron chi connectivity index (χ1n) is 9.44. The van der Waals surface area contributed by atoms with E-state index in [0.29, 0.717) is 18.2 Å². The van der Waals surface area contributed by atoms with E-state index in [1.54, 1.807) is 4.90 Å². The van der Waals surface area contributed by atoms with E-state index in [1.165, 1.54) is 11.8 Å². The highest BCUT2D eigenvalue weighted by Gasteiger charge is 2.39. The molecule has 0 bridgehead atoms. The number of carbonyl (C=O) groups excluding carboxylic acids is 1. The van der Waals surface area contributed by atoms with E-state index >= 15 is 0 Å². The summed E-state index contributed by atoms with van der Waals surface area (Å²) in [5, 5.41) is 0.506. The van der Waals surface area contributed by atoms with Gasteiger partial charge in [0.25, 0.3) is 5.91 Å². The number of rotatable bonds is 9. The minimum atomic E-state index is -2.27. The predicted molar refractivity (Wildman–Crippen MR) is 122 cm³/mol. The molecule has 0 unspecified atom stereocenters. The van der Waals surface area contributed by atoms with Gasteiger partial charge < -0.3 is 9.70 Å². The summed E-state index contributed by atoms with van der Waals surface area (Å²) in [6.07, 6.45) is 3.61. The number of amides is 1. The van der Waals surface area contributed by atoms with Crippen LogP contribution in [0.1, 0.15) is 57.8 Å². The lowest BCUT2D eigenvalue weighted by atomic mass is 9.84. The Labute approximate surface area is 184 Å². The molecule has 0 aliphatic heterocycles. The van der Waals surface area contributed by atoms with Crippen molar-refractivity contribution in [2.45, 2.75) is 70.7 Å². The molecule has 0 aliphatic rings. The molecule has 1 N–H and O–H groups in total. The van der Waals surface area contributed by atoms with Crippen molar-refractivity contribution in [3.05, 3.63) is 15.9 Å². The number of aromatic nitrogens is 2. The van der Waals surface area contributed by atoms with Crippen LogP contribution in [0.25, 0.3) is 0 Å². The summed E-state index contributed by atoms with van der Waals surface area (Å²) < 4.78 is 0. The van der Waals surface area contributed by atoms with Gasteiger partial charge in [0.2, 0.25) is 0 Å². The molecule has 0 fully saturated rings. The number of carbonyl (C=O) groups is 1. The zero-order chi connectivity index (χ0) is 21.9. The second-order valence-corrected chi connectivity index (χ2v) is 15.1. The van der Waals surface area contributed by atoms with Crippen molar-refractivity contribution in [1.82, 2.24) is 14.9 Å². The third-order valence-electron chi connectivity index (χ3n) is 5.57. The molecule has 1 heterocycles. The molecule has 1 rings (SSSR count). The van der Waals surface area contributed by atoms with E-state index in [4.69, 9.17) is 23.2 Å². The molecule has 0 aliphatic carbocycles. The standard InChI is InChI=1S/C19H33Cl2N3O2SSi/c1-9-24(12-18(2,3)10-11-19(4,5)28(7,8)26)16(25)13-14(20)22-17(27-6)23-15(13)21/h26H,9-12H2,1-8H3. The summed E-state index contributed by atoms with van der Waals surface area (Å²) in [6.45, 7) is 15.5. The number of halogens is 2. The Morgan fingerprint density at radius 3 is 2.04 bits per heavy atom. The molecular formula is C19H33Cl2N3O2SSi. The van der Waals surface area contributed by atoms with Crippen LogP contribution in [0.3, 0.4) is 0 Å². The van der Waals surface area contributed by atoms with Crippen LogP contribution in [0.5, 0.6) is 0 Å². The predicted octanol–water partition coefficient (Wildman–Crippen LogP) is 5.75. The zero-order valence-electron chi connectivity index (χ0n) is 18.2. The van der Waals surface area contributed by atoms with Gasteiger partial charge in [-0.25, -0.2) is 9.97 Å². The van der Waals surface area contributed by atoms with Crippen molar-refractivity contribution in [2.24, 2.45) is 5.41 Å². The first-order chi connectivity index (χ1) is 12.6. The molecule has 0 atom stereocenters. The molecule has 28 heavy (non-hydrogen) atoms. The molecular weight excluding hydrogens is 433 g/mol. The lowest BCUT2D eigenvalue weighted by Crippen LogP contribution is -2.42. The normalized spacial score (nSPS) is 13.0. The molecule has 0 spiro atoms. The van der Waals surface area contributed by atoms with E-state index < -0.39 is 8.32 Å². The molecule has 0 saturated carbocycles. The Bertz CT molecular complexity index is 686. The molecule has 0 radical (unpaired) electrons. The summed E-state index contributed by atoms with van der Waals surface area (Å²) >= 11 is 13.8. The maximum absolute atomic E-state index is 13.1. The van der Waals surface area contributed by atoms with Gasteiger partial charge in [0.15, 0.2) is 13.5 Å². The minimum absolute atomic E-state index is 0.0831. The highest BCUT2D eigenvalue weighted by Crippen LogP contribution is 2.43. The Balaban J connectivity index is 2.98. The van der Waals surface area contributed by atoms with E-state index in [2.05, 4.69) is 37.7 Å². The molecule has 0 saturated heterocycles. The second kappa shape index (κ2) is 9.64. The molecule has 1 aromatic rings. The molecule has 0 aromatic carbocycles. The Hall–Kier alpha value is -0.343. The number of nitrogens with zero attached hydrogens (tertiary/aromatic N) is 3. The fourth-order valence-corrected chi connectivity index (χ4v) is 4.45. The van der Waals surface area contributed by atoms with Gasteiger partial charge in [0, 0.05) is 13.1 Å². The fraction of sp³-hybridized carbons (Fsp3) is 0.737. The maximum atomic E-state index is 13.1. The smallest absolute Gasteiger partial charge is 0.260 e. The summed E-state index contributed by atoms with van der Waals surface area (Å²) in [4.78, 5) is 33.7. The Kier molecular flexibility index (Phi) is 8.85. The van der Waals surface area contributed by atoms with Crippen LogP contribution in [0, 0.1) is 5.41 Å². The van der Waals surface area contributed by atoms with Gasteiger partial charge >= 0.3 is 0 Å². The lowest BCUT2D eigenvalue weighted by molar-refractivity contribution is 0.0682. The lowest BCUT2D eigenvalue weighted by Gasteiger charge is -2.39. The van der Waals surface area contributed by atoms with Crippen molar-refractivity contribution in [3.8, 4) is 0 Å². The van der Waals surface area contributed by atoms with Gasteiger partial charge in [-0.3, -0.25) is 4.79 Å². The summed E-state index contributed by atoms with van der Waals surface area (Å²) in [7, 11) is -2.27. The summed E-state index contributed by atoms with van der Waals surface area (Å²) in [5.74, 6) is -0.255. The van der Waals surface area contributed by atoms with Gasteiger partial charge in [0.05, 0.1) is 0 Å². The molecule has 160 valence electrons. The van der Waals surface area contributed by atoms with Crippen molar-refractivity contribution in [3.63, 3.8) is 0 Å². The van der Waals surface area contributed by atoms with Crippen molar-refractivity contribution < 1.29 is 9.59 Å². The number of thioether (sulfide) groups is 1. The van der Waals surface area contributed by atoms with Gasteiger partial charge in [-0.1, -0.05) is 62.7 Å². The zero-order valence-corrected chi connectivity index (χ0v) is 21.5. The van der Waals surface area contributed by atoms with E-state index in [1.807, 2.05) is 26.3 Å².